The van der Waals surface area contributed by atoms with Crippen LogP contribution in [0.4, 0.5) is 4.79 Å². The van der Waals surface area contributed by atoms with Crippen LogP contribution in [0.25, 0.3) is 11.6 Å². The van der Waals surface area contributed by atoms with Gasteiger partial charge in [-0.2, -0.15) is 0 Å². The Morgan fingerprint density at radius 2 is 2.08 bits per heavy atom. The quantitative estimate of drug-likeness (QED) is 0.644. The molecule has 7 nitrogen and oxygen atoms in total. The Kier molecular flexibility index (Phi) is 4.20. The van der Waals surface area contributed by atoms with Crippen molar-refractivity contribution in [3.05, 3.63) is 60.1 Å². The molecule has 2 atom stereocenters. The fraction of sp³-hybridized carbons (Fsp3) is 0.278. The average molecular weight is 337 g/mol. The summed E-state index contributed by atoms with van der Waals surface area (Å²) in [6, 6.07) is 13.8. The lowest BCUT2D eigenvalue weighted by molar-refractivity contribution is 0.239. The number of carbonyl (C=O) groups excluding carboxylic acids is 1. The van der Waals surface area contributed by atoms with Crippen LogP contribution in [-0.4, -0.2) is 27.8 Å². The zero-order valence-corrected chi connectivity index (χ0v) is 13.6. The summed E-state index contributed by atoms with van der Waals surface area (Å²) in [6.45, 7) is 0.964. The van der Waals surface area contributed by atoms with Gasteiger partial charge in [-0.25, -0.2) is 9.78 Å². The van der Waals surface area contributed by atoms with Gasteiger partial charge >= 0.3 is 6.03 Å². The number of rotatable bonds is 6. The molecule has 0 spiro atoms. The summed E-state index contributed by atoms with van der Waals surface area (Å²) in [4.78, 5) is 16.2. The van der Waals surface area contributed by atoms with Crippen molar-refractivity contribution < 1.29 is 9.21 Å². The number of nitrogens with one attached hydrogen (secondary N) is 3. The van der Waals surface area contributed by atoms with E-state index >= 15 is 0 Å². The molecule has 3 N–H and O–H groups in total. The molecule has 0 saturated heterocycles. The van der Waals surface area contributed by atoms with E-state index in [4.69, 9.17) is 4.42 Å². The molecule has 1 aromatic carbocycles. The molecule has 2 aromatic heterocycles. The van der Waals surface area contributed by atoms with Crippen molar-refractivity contribution in [1.29, 1.82) is 0 Å². The highest BCUT2D eigenvalue weighted by Crippen LogP contribution is 2.46. The smallest absolute Gasteiger partial charge is 0.315 e. The molecule has 3 aromatic rings. The number of benzene rings is 1. The van der Waals surface area contributed by atoms with Gasteiger partial charge in [-0.05, 0) is 36.0 Å². The van der Waals surface area contributed by atoms with Crippen molar-refractivity contribution in [2.24, 2.45) is 5.92 Å². The van der Waals surface area contributed by atoms with Crippen LogP contribution in [0.3, 0.4) is 0 Å². The highest BCUT2D eigenvalue weighted by atomic mass is 16.3. The number of hydrogen-bond acceptors (Lipinski definition) is 4. The van der Waals surface area contributed by atoms with Crippen LogP contribution in [0.15, 0.2) is 53.1 Å². The second-order valence-corrected chi connectivity index (χ2v) is 6.16. The largest absolute Gasteiger partial charge is 0.461 e. The van der Waals surface area contributed by atoms with E-state index in [1.54, 1.807) is 18.4 Å². The van der Waals surface area contributed by atoms with Gasteiger partial charge in [0, 0.05) is 6.54 Å². The number of urea groups is 1. The molecule has 2 amide bonds. The second-order valence-electron chi connectivity index (χ2n) is 6.16. The number of carbonyl (C=O) groups is 1. The standard InChI is InChI=1S/C18H19N5O2/c24-18(19-10-13-9-14(13)12-5-2-1-3-6-12)20-11-16-21-17(23-22-16)15-7-4-8-25-15/h1-8,13-14H,9-11H2,(H2,19,20,24)(H,21,22,23)/t13-,14-/m0/s1. The summed E-state index contributed by atoms with van der Waals surface area (Å²) in [6.07, 6.45) is 2.69. The highest BCUT2D eigenvalue weighted by Gasteiger charge is 2.37. The number of hydrogen-bond donors (Lipinski definition) is 3. The lowest BCUT2D eigenvalue weighted by atomic mass is 10.1. The lowest BCUT2D eigenvalue weighted by Crippen LogP contribution is -2.36. The minimum atomic E-state index is -0.199. The van der Waals surface area contributed by atoms with Gasteiger partial charge in [-0.1, -0.05) is 30.3 Å². The Morgan fingerprint density at radius 1 is 1.20 bits per heavy atom. The number of nitrogens with zero attached hydrogens (tertiary/aromatic N) is 2. The number of aromatic nitrogens is 3. The molecule has 1 saturated carbocycles. The fourth-order valence-electron chi connectivity index (χ4n) is 2.92. The zero-order valence-electron chi connectivity index (χ0n) is 13.6. The van der Waals surface area contributed by atoms with Gasteiger partial charge in [0.15, 0.2) is 5.76 Å². The topological polar surface area (TPSA) is 95.8 Å². The number of aromatic amines is 1. The summed E-state index contributed by atoms with van der Waals surface area (Å²) < 4.78 is 5.23. The number of furan rings is 1. The van der Waals surface area contributed by atoms with E-state index in [2.05, 4.69) is 50.1 Å². The van der Waals surface area contributed by atoms with Crippen molar-refractivity contribution >= 4 is 6.03 Å². The molecule has 1 aliphatic carbocycles. The molecule has 2 heterocycles. The molecule has 25 heavy (non-hydrogen) atoms. The van der Waals surface area contributed by atoms with Crippen LogP contribution in [0.1, 0.15) is 23.7 Å². The van der Waals surface area contributed by atoms with Gasteiger partial charge in [0.05, 0.1) is 12.8 Å². The van der Waals surface area contributed by atoms with Crippen LogP contribution in [0, 0.1) is 5.92 Å². The zero-order chi connectivity index (χ0) is 17.1. The summed E-state index contributed by atoms with van der Waals surface area (Å²) in [5.41, 5.74) is 1.35. The van der Waals surface area contributed by atoms with Crippen LogP contribution >= 0.6 is 0 Å². The molecule has 0 bridgehead atoms. The lowest BCUT2D eigenvalue weighted by Gasteiger charge is -2.06. The van der Waals surface area contributed by atoms with E-state index < -0.39 is 0 Å². The molecule has 4 rings (SSSR count). The van der Waals surface area contributed by atoms with Crippen LogP contribution in [0.2, 0.25) is 0 Å². The van der Waals surface area contributed by atoms with Crippen molar-refractivity contribution in [1.82, 2.24) is 25.8 Å². The van der Waals surface area contributed by atoms with Crippen molar-refractivity contribution in [2.75, 3.05) is 6.54 Å². The van der Waals surface area contributed by atoms with Crippen LogP contribution < -0.4 is 10.6 Å². The minimum Gasteiger partial charge on any atom is -0.461 e. The van der Waals surface area contributed by atoms with E-state index in [0.717, 1.165) is 6.42 Å². The second kappa shape index (κ2) is 6.80. The first-order chi connectivity index (χ1) is 12.3. The highest BCUT2D eigenvalue weighted by molar-refractivity contribution is 5.73. The van der Waals surface area contributed by atoms with Gasteiger partial charge in [0.1, 0.15) is 5.82 Å². The fourth-order valence-corrected chi connectivity index (χ4v) is 2.92. The molecule has 0 aliphatic heterocycles. The maximum absolute atomic E-state index is 11.9. The van der Waals surface area contributed by atoms with E-state index in [1.165, 1.54) is 5.56 Å². The molecule has 0 radical (unpaired) electrons. The molecular formula is C18H19N5O2. The van der Waals surface area contributed by atoms with Gasteiger partial charge in [0.25, 0.3) is 0 Å². The van der Waals surface area contributed by atoms with Gasteiger partial charge in [-0.15, -0.1) is 5.10 Å². The Hall–Kier alpha value is -3.09. The SMILES string of the molecule is O=C(NCc1nc(-c2ccco2)n[nH]1)NC[C@@H]1C[C@H]1c1ccccc1. The third-order valence-electron chi connectivity index (χ3n) is 4.36. The predicted molar refractivity (Wildman–Crippen MR) is 91.6 cm³/mol. The van der Waals surface area contributed by atoms with Crippen molar-refractivity contribution in [2.45, 2.75) is 18.9 Å². The molecule has 128 valence electrons. The maximum atomic E-state index is 11.9. The van der Waals surface area contributed by atoms with E-state index in [0.29, 0.717) is 35.8 Å². The average Bonchev–Trinajstić information content (AvgIpc) is 3.02. The first-order valence-corrected chi connectivity index (χ1v) is 8.31. The number of amides is 2. The monoisotopic (exact) mass is 337 g/mol. The van der Waals surface area contributed by atoms with Crippen molar-refractivity contribution in [3.8, 4) is 11.6 Å². The summed E-state index contributed by atoms with van der Waals surface area (Å²) in [5.74, 6) is 2.73. The Morgan fingerprint density at radius 3 is 2.88 bits per heavy atom. The Bertz CT molecular complexity index is 828. The van der Waals surface area contributed by atoms with E-state index in [1.807, 2.05) is 6.07 Å². The predicted octanol–water partition coefficient (Wildman–Crippen LogP) is 2.67. The van der Waals surface area contributed by atoms with Gasteiger partial charge in [0.2, 0.25) is 5.82 Å². The number of H-pyrrole nitrogens is 1. The normalized spacial score (nSPS) is 18.7. The first kappa shape index (κ1) is 15.4. The summed E-state index contributed by atoms with van der Waals surface area (Å²) in [7, 11) is 0. The molecule has 1 fully saturated rings. The first-order valence-electron chi connectivity index (χ1n) is 8.31. The third-order valence-corrected chi connectivity index (χ3v) is 4.36. The minimum absolute atomic E-state index is 0.199. The summed E-state index contributed by atoms with van der Waals surface area (Å²) >= 11 is 0. The Balaban J connectivity index is 1.20. The molecule has 0 unspecified atom stereocenters. The van der Waals surface area contributed by atoms with Gasteiger partial charge in [-0.3, -0.25) is 5.10 Å². The van der Waals surface area contributed by atoms with E-state index in [9.17, 15) is 4.79 Å². The van der Waals surface area contributed by atoms with Gasteiger partial charge < -0.3 is 15.1 Å². The Labute approximate surface area is 144 Å². The third kappa shape index (κ3) is 3.71. The summed E-state index contributed by atoms with van der Waals surface area (Å²) in [5, 5.41) is 12.6. The van der Waals surface area contributed by atoms with Crippen LogP contribution in [-0.2, 0) is 6.54 Å². The molecule has 7 heteroatoms. The molecule has 1 aliphatic rings. The maximum Gasteiger partial charge on any atom is 0.315 e. The van der Waals surface area contributed by atoms with Crippen molar-refractivity contribution in [3.63, 3.8) is 0 Å². The van der Waals surface area contributed by atoms with Crippen LogP contribution in [0.5, 0.6) is 0 Å². The molecular weight excluding hydrogens is 318 g/mol. The van der Waals surface area contributed by atoms with E-state index in [-0.39, 0.29) is 12.6 Å².